The normalized spacial score (nSPS) is 10.1. The van der Waals surface area contributed by atoms with Gasteiger partial charge in [0.05, 0.1) is 6.61 Å². The summed E-state index contributed by atoms with van der Waals surface area (Å²) in [5, 5.41) is 3.19. The Hall–Kier alpha value is -2.23. The summed E-state index contributed by atoms with van der Waals surface area (Å²) in [6.07, 6.45) is 1.78. The molecule has 1 heterocycles. The largest absolute Gasteiger partial charge is 0.490 e. The van der Waals surface area contributed by atoms with Gasteiger partial charge in [-0.05, 0) is 43.7 Å². The number of para-hydroxylation sites is 2. The van der Waals surface area contributed by atoms with Crippen LogP contribution in [0, 0.1) is 0 Å². The topological polar surface area (TPSA) is 43.4 Å². The maximum absolute atomic E-state index is 5.83. The molecule has 0 fully saturated rings. The van der Waals surface area contributed by atoms with Crippen LogP contribution in [0.1, 0.15) is 19.4 Å². The molecular weight excluding hydrogens is 252 g/mol. The number of hydrogen-bond donors (Lipinski definition) is 1. The van der Waals surface area contributed by atoms with Crippen molar-refractivity contribution >= 4 is 5.82 Å². The van der Waals surface area contributed by atoms with Gasteiger partial charge in [0, 0.05) is 12.7 Å². The summed E-state index contributed by atoms with van der Waals surface area (Å²) < 4.78 is 11.4. The monoisotopic (exact) mass is 272 g/mol. The lowest BCUT2D eigenvalue weighted by atomic mass is 10.2. The van der Waals surface area contributed by atoms with E-state index in [4.69, 9.17) is 9.47 Å². The number of benzene rings is 1. The van der Waals surface area contributed by atoms with Crippen molar-refractivity contribution in [1.29, 1.82) is 0 Å². The zero-order chi connectivity index (χ0) is 14.2. The zero-order valence-electron chi connectivity index (χ0n) is 11.9. The Kier molecular flexibility index (Phi) is 5.24. The molecule has 4 heteroatoms. The zero-order valence-corrected chi connectivity index (χ0v) is 11.9. The van der Waals surface area contributed by atoms with Gasteiger partial charge in [0.15, 0.2) is 11.5 Å². The lowest BCUT2D eigenvalue weighted by Crippen LogP contribution is -2.02. The molecule has 1 aromatic heterocycles. The van der Waals surface area contributed by atoms with Crippen LogP contribution in [0.2, 0.25) is 0 Å². The Bertz CT molecular complexity index is 544. The fourth-order valence-electron chi connectivity index (χ4n) is 1.85. The third kappa shape index (κ3) is 3.88. The molecule has 1 aromatic carbocycles. The first-order chi connectivity index (χ1) is 9.83. The quantitative estimate of drug-likeness (QED) is 0.838. The molecule has 0 aliphatic rings. The molecule has 0 unspecified atom stereocenters. The minimum absolute atomic E-state index is 0.491. The summed E-state index contributed by atoms with van der Waals surface area (Å²) in [5.41, 5.74) is 1.07. The van der Waals surface area contributed by atoms with Gasteiger partial charge in [-0.25, -0.2) is 4.98 Å². The molecule has 20 heavy (non-hydrogen) atoms. The van der Waals surface area contributed by atoms with Gasteiger partial charge in [-0.15, -0.1) is 0 Å². The van der Waals surface area contributed by atoms with Crippen molar-refractivity contribution in [3.63, 3.8) is 0 Å². The van der Waals surface area contributed by atoms with Crippen molar-refractivity contribution < 1.29 is 9.47 Å². The van der Waals surface area contributed by atoms with E-state index < -0.39 is 0 Å². The van der Waals surface area contributed by atoms with Crippen LogP contribution in [0.4, 0.5) is 5.82 Å². The van der Waals surface area contributed by atoms with Crippen molar-refractivity contribution in [2.45, 2.75) is 20.5 Å². The van der Waals surface area contributed by atoms with Crippen LogP contribution in [0.5, 0.6) is 11.5 Å². The second-order valence-electron chi connectivity index (χ2n) is 4.25. The van der Waals surface area contributed by atoms with Crippen molar-refractivity contribution in [2.24, 2.45) is 0 Å². The number of aromatic nitrogens is 1. The molecule has 0 radical (unpaired) electrons. The number of rotatable bonds is 7. The van der Waals surface area contributed by atoms with Crippen LogP contribution in [-0.4, -0.2) is 18.1 Å². The predicted molar refractivity (Wildman–Crippen MR) is 80.3 cm³/mol. The fraction of sp³-hybridized carbons (Fsp3) is 0.312. The summed E-state index contributed by atoms with van der Waals surface area (Å²) >= 11 is 0. The van der Waals surface area contributed by atoms with Crippen molar-refractivity contribution in [1.82, 2.24) is 4.98 Å². The summed E-state index contributed by atoms with van der Waals surface area (Å²) in [7, 11) is 0. The van der Waals surface area contributed by atoms with Crippen molar-refractivity contribution in [3.05, 3.63) is 48.2 Å². The van der Waals surface area contributed by atoms with Gasteiger partial charge in [0.1, 0.15) is 12.4 Å². The smallest absolute Gasteiger partial charge is 0.161 e. The third-order valence-electron chi connectivity index (χ3n) is 2.73. The second kappa shape index (κ2) is 7.38. The molecule has 0 bridgehead atoms. The van der Waals surface area contributed by atoms with Crippen LogP contribution in [0.25, 0.3) is 0 Å². The van der Waals surface area contributed by atoms with E-state index in [0.717, 1.165) is 29.4 Å². The highest BCUT2D eigenvalue weighted by Crippen LogP contribution is 2.27. The Morgan fingerprint density at radius 3 is 2.50 bits per heavy atom. The predicted octanol–water partition coefficient (Wildman–Crippen LogP) is 3.49. The molecule has 0 amide bonds. The van der Waals surface area contributed by atoms with Crippen molar-refractivity contribution in [2.75, 3.05) is 18.5 Å². The van der Waals surface area contributed by atoms with Gasteiger partial charge in [0.25, 0.3) is 0 Å². The van der Waals surface area contributed by atoms with Gasteiger partial charge >= 0.3 is 0 Å². The molecule has 0 atom stereocenters. The van der Waals surface area contributed by atoms with Gasteiger partial charge in [-0.2, -0.15) is 0 Å². The molecule has 0 saturated heterocycles. The summed E-state index contributed by atoms with van der Waals surface area (Å²) in [6.45, 7) is 5.97. The van der Waals surface area contributed by atoms with E-state index in [2.05, 4.69) is 10.3 Å². The third-order valence-corrected chi connectivity index (χ3v) is 2.73. The number of anilines is 1. The molecule has 0 spiro atoms. The maximum Gasteiger partial charge on any atom is 0.161 e. The highest BCUT2D eigenvalue weighted by Gasteiger charge is 2.04. The van der Waals surface area contributed by atoms with E-state index in [1.807, 2.05) is 50.2 Å². The Balaban J connectivity index is 2.03. The second-order valence-corrected chi connectivity index (χ2v) is 4.25. The molecular formula is C16H20N2O2. The average molecular weight is 272 g/mol. The van der Waals surface area contributed by atoms with Crippen LogP contribution in [0.15, 0.2) is 42.6 Å². The van der Waals surface area contributed by atoms with Gasteiger partial charge < -0.3 is 14.8 Å². The minimum Gasteiger partial charge on any atom is -0.490 e. The average Bonchev–Trinajstić information content (AvgIpc) is 2.47. The molecule has 2 rings (SSSR count). The lowest BCUT2D eigenvalue weighted by Gasteiger charge is -2.12. The van der Waals surface area contributed by atoms with E-state index >= 15 is 0 Å². The number of nitrogens with zero attached hydrogens (tertiary/aromatic N) is 1. The molecule has 4 nitrogen and oxygen atoms in total. The van der Waals surface area contributed by atoms with Crippen molar-refractivity contribution in [3.8, 4) is 11.5 Å². The standard InChI is InChI=1S/C16H20N2O2/c1-3-17-16-11-13(9-10-18-16)12-20-15-8-6-5-7-14(15)19-4-2/h5-11H,3-4,12H2,1-2H3,(H,17,18). The molecule has 0 aliphatic heterocycles. The first-order valence-electron chi connectivity index (χ1n) is 6.87. The Morgan fingerprint density at radius 1 is 1.05 bits per heavy atom. The van der Waals surface area contributed by atoms with E-state index in [-0.39, 0.29) is 0 Å². The first kappa shape index (κ1) is 14.2. The van der Waals surface area contributed by atoms with Gasteiger partial charge in [-0.3, -0.25) is 0 Å². The Labute approximate surface area is 119 Å². The first-order valence-corrected chi connectivity index (χ1v) is 6.87. The Morgan fingerprint density at radius 2 is 1.80 bits per heavy atom. The SMILES string of the molecule is CCNc1cc(COc2ccccc2OCC)ccn1. The number of nitrogens with one attached hydrogen (secondary N) is 1. The highest BCUT2D eigenvalue weighted by atomic mass is 16.5. The van der Waals surface area contributed by atoms with Crippen LogP contribution < -0.4 is 14.8 Å². The van der Waals surface area contributed by atoms with E-state index in [0.29, 0.717) is 13.2 Å². The van der Waals surface area contributed by atoms with E-state index in [9.17, 15) is 0 Å². The lowest BCUT2D eigenvalue weighted by molar-refractivity contribution is 0.269. The number of ether oxygens (including phenoxy) is 2. The van der Waals surface area contributed by atoms with Crippen LogP contribution >= 0.6 is 0 Å². The number of hydrogen-bond acceptors (Lipinski definition) is 4. The molecule has 0 saturated carbocycles. The van der Waals surface area contributed by atoms with E-state index in [1.165, 1.54) is 0 Å². The molecule has 106 valence electrons. The maximum atomic E-state index is 5.83. The summed E-state index contributed by atoms with van der Waals surface area (Å²) in [5.74, 6) is 2.40. The highest BCUT2D eigenvalue weighted by molar-refractivity contribution is 5.40. The number of pyridine rings is 1. The fourth-order valence-corrected chi connectivity index (χ4v) is 1.85. The van der Waals surface area contributed by atoms with Gasteiger partial charge in [-0.1, -0.05) is 12.1 Å². The molecule has 2 aromatic rings. The van der Waals surface area contributed by atoms with Gasteiger partial charge in [0.2, 0.25) is 0 Å². The molecule has 0 aliphatic carbocycles. The van der Waals surface area contributed by atoms with Crippen LogP contribution in [0.3, 0.4) is 0 Å². The molecule has 1 N–H and O–H groups in total. The van der Waals surface area contributed by atoms with E-state index in [1.54, 1.807) is 6.20 Å². The van der Waals surface area contributed by atoms with Crippen LogP contribution in [-0.2, 0) is 6.61 Å². The summed E-state index contributed by atoms with van der Waals surface area (Å²) in [6, 6.07) is 11.6. The minimum atomic E-state index is 0.491. The summed E-state index contributed by atoms with van der Waals surface area (Å²) in [4.78, 5) is 4.24.